The molecule has 0 aliphatic heterocycles. The lowest BCUT2D eigenvalue weighted by molar-refractivity contribution is 0.278. The topological polar surface area (TPSA) is 68.1 Å². The summed E-state index contributed by atoms with van der Waals surface area (Å²) in [6, 6.07) is 7.53. The maximum absolute atomic E-state index is 7.13. The molecule has 2 aromatic rings. The van der Waals surface area contributed by atoms with Crippen molar-refractivity contribution in [2.24, 2.45) is 0 Å². The predicted octanol–water partition coefficient (Wildman–Crippen LogP) is 3.41. The predicted molar refractivity (Wildman–Crippen MR) is 85.9 cm³/mol. The smallest absolute Gasteiger partial charge is 0.155 e. The SMILES string of the molecule is Cc1ncc(OCCCCCOc2ccc(C=N)cc2)cn1. The van der Waals surface area contributed by atoms with E-state index >= 15 is 0 Å². The van der Waals surface area contributed by atoms with Crippen LogP contribution in [0, 0.1) is 12.3 Å². The van der Waals surface area contributed by atoms with Crippen LogP contribution >= 0.6 is 0 Å². The maximum Gasteiger partial charge on any atom is 0.155 e. The van der Waals surface area contributed by atoms with E-state index < -0.39 is 0 Å². The van der Waals surface area contributed by atoms with E-state index in [2.05, 4.69) is 9.97 Å². The van der Waals surface area contributed by atoms with E-state index in [4.69, 9.17) is 14.9 Å². The Morgan fingerprint density at radius 1 is 0.909 bits per heavy atom. The number of hydrogen-bond acceptors (Lipinski definition) is 5. The first-order valence-electron chi connectivity index (χ1n) is 7.43. The Kier molecular flexibility index (Phi) is 6.36. The van der Waals surface area contributed by atoms with Crippen molar-refractivity contribution in [3.63, 3.8) is 0 Å². The second kappa shape index (κ2) is 8.77. The van der Waals surface area contributed by atoms with Crippen molar-refractivity contribution in [2.75, 3.05) is 13.2 Å². The quantitative estimate of drug-likeness (QED) is 0.569. The van der Waals surface area contributed by atoms with Crippen molar-refractivity contribution in [3.05, 3.63) is 48.0 Å². The fourth-order valence-electron chi connectivity index (χ4n) is 1.88. The lowest BCUT2D eigenvalue weighted by Gasteiger charge is -2.07. The van der Waals surface area contributed by atoms with E-state index in [0.29, 0.717) is 19.0 Å². The molecule has 0 saturated heterocycles. The van der Waals surface area contributed by atoms with Gasteiger partial charge in [0.05, 0.1) is 25.6 Å². The first-order valence-corrected chi connectivity index (χ1v) is 7.43. The Hall–Kier alpha value is -2.43. The van der Waals surface area contributed by atoms with Crippen LogP contribution in [0.15, 0.2) is 36.7 Å². The highest BCUT2D eigenvalue weighted by Crippen LogP contribution is 2.12. The van der Waals surface area contributed by atoms with Crippen LogP contribution in [-0.4, -0.2) is 29.4 Å². The summed E-state index contributed by atoms with van der Waals surface area (Å²) in [6.45, 7) is 3.21. The van der Waals surface area contributed by atoms with Gasteiger partial charge >= 0.3 is 0 Å². The first-order chi connectivity index (χ1) is 10.8. The molecule has 0 spiro atoms. The summed E-state index contributed by atoms with van der Waals surface area (Å²) in [5.41, 5.74) is 0.879. The molecule has 22 heavy (non-hydrogen) atoms. The summed E-state index contributed by atoms with van der Waals surface area (Å²) in [4.78, 5) is 8.17. The van der Waals surface area contributed by atoms with Crippen molar-refractivity contribution < 1.29 is 9.47 Å². The molecule has 0 atom stereocenters. The van der Waals surface area contributed by atoms with E-state index in [1.807, 2.05) is 31.2 Å². The molecule has 0 fully saturated rings. The van der Waals surface area contributed by atoms with E-state index in [0.717, 1.165) is 36.4 Å². The fourth-order valence-corrected chi connectivity index (χ4v) is 1.88. The van der Waals surface area contributed by atoms with Crippen LogP contribution in [0.2, 0.25) is 0 Å². The fraction of sp³-hybridized carbons (Fsp3) is 0.353. The molecule has 0 radical (unpaired) electrons. The lowest BCUT2D eigenvalue weighted by Crippen LogP contribution is -2.01. The van der Waals surface area contributed by atoms with Gasteiger partial charge in [-0.2, -0.15) is 0 Å². The summed E-state index contributed by atoms with van der Waals surface area (Å²) in [6.07, 6.45) is 7.73. The van der Waals surface area contributed by atoms with Gasteiger partial charge in [-0.15, -0.1) is 0 Å². The Morgan fingerprint density at radius 3 is 2.09 bits per heavy atom. The van der Waals surface area contributed by atoms with Crippen molar-refractivity contribution in [1.82, 2.24) is 9.97 Å². The van der Waals surface area contributed by atoms with Gasteiger partial charge in [-0.25, -0.2) is 9.97 Å². The Morgan fingerprint density at radius 2 is 1.50 bits per heavy atom. The molecule has 0 saturated carbocycles. The van der Waals surface area contributed by atoms with Crippen LogP contribution in [0.4, 0.5) is 0 Å². The molecule has 1 N–H and O–H groups in total. The normalized spacial score (nSPS) is 10.2. The van der Waals surface area contributed by atoms with Crippen LogP contribution in [0.3, 0.4) is 0 Å². The number of nitrogens with one attached hydrogen (secondary N) is 1. The van der Waals surface area contributed by atoms with Crippen molar-refractivity contribution in [3.8, 4) is 11.5 Å². The van der Waals surface area contributed by atoms with Crippen molar-refractivity contribution >= 4 is 6.21 Å². The molecule has 0 aliphatic carbocycles. The largest absolute Gasteiger partial charge is 0.494 e. The van der Waals surface area contributed by atoms with Gasteiger partial charge < -0.3 is 14.9 Å². The van der Waals surface area contributed by atoms with Crippen LogP contribution in [0.1, 0.15) is 30.7 Å². The zero-order chi connectivity index (χ0) is 15.6. The summed E-state index contributed by atoms with van der Waals surface area (Å²) in [5.74, 6) is 2.31. The van der Waals surface area contributed by atoms with Crippen LogP contribution in [0.5, 0.6) is 11.5 Å². The van der Waals surface area contributed by atoms with Gasteiger partial charge in [0.2, 0.25) is 0 Å². The van der Waals surface area contributed by atoms with Crippen LogP contribution in [-0.2, 0) is 0 Å². The number of nitrogens with zero attached hydrogens (tertiary/aromatic N) is 2. The Labute approximate surface area is 130 Å². The highest BCUT2D eigenvalue weighted by Gasteiger charge is 1.97. The number of rotatable bonds is 9. The van der Waals surface area contributed by atoms with E-state index in [-0.39, 0.29) is 0 Å². The average Bonchev–Trinajstić information content (AvgIpc) is 2.56. The molecule has 5 heteroatoms. The third-order valence-electron chi connectivity index (χ3n) is 3.13. The minimum Gasteiger partial charge on any atom is -0.494 e. The van der Waals surface area contributed by atoms with Crippen molar-refractivity contribution in [2.45, 2.75) is 26.2 Å². The summed E-state index contributed by atoms with van der Waals surface area (Å²) in [5, 5.41) is 7.13. The number of unbranched alkanes of at least 4 members (excludes halogenated alkanes) is 2. The second-order valence-electron chi connectivity index (χ2n) is 4.94. The van der Waals surface area contributed by atoms with Gasteiger partial charge in [-0.3, -0.25) is 0 Å². The third-order valence-corrected chi connectivity index (χ3v) is 3.13. The average molecular weight is 299 g/mol. The number of hydrogen-bond donors (Lipinski definition) is 1. The molecule has 0 amide bonds. The van der Waals surface area contributed by atoms with Gasteiger partial charge in [0.15, 0.2) is 5.75 Å². The molecule has 0 bridgehead atoms. The number of aromatic nitrogens is 2. The minimum absolute atomic E-state index is 0.667. The van der Waals surface area contributed by atoms with Gasteiger partial charge in [0.25, 0.3) is 0 Å². The molecule has 0 unspecified atom stereocenters. The summed E-state index contributed by atoms with van der Waals surface area (Å²) < 4.78 is 11.2. The van der Waals surface area contributed by atoms with E-state index in [1.165, 1.54) is 6.21 Å². The summed E-state index contributed by atoms with van der Waals surface area (Å²) >= 11 is 0. The number of ether oxygens (including phenoxy) is 2. The zero-order valence-corrected chi connectivity index (χ0v) is 12.8. The lowest BCUT2D eigenvalue weighted by atomic mass is 10.2. The molecular formula is C17H21N3O2. The van der Waals surface area contributed by atoms with Crippen LogP contribution in [0.25, 0.3) is 0 Å². The summed E-state index contributed by atoms with van der Waals surface area (Å²) in [7, 11) is 0. The molecule has 0 aliphatic rings. The molecule has 1 heterocycles. The number of aryl methyl sites for hydroxylation is 1. The monoisotopic (exact) mass is 299 g/mol. The molecule has 1 aromatic heterocycles. The van der Waals surface area contributed by atoms with Crippen molar-refractivity contribution in [1.29, 1.82) is 5.41 Å². The van der Waals surface area contributed by atoms with E-state index in [1.54, 1.807) is 12.4 Å². The van der Waals surface area contributed by atoms with E-state index in [9.17, 15) is 0 Å². The first kappa shape index (κ1) is 15.9. The maximum atomic E-state index is 7.13. The molecule has 116 valence electrons. The minimum atomic E-state index is 0.667. The highest BCUT2D eigenvalue weighted by molar-refractivity contribution is 5.76. The van der Waals surface area contributed by atoms with Gasteiger partial charge in [-0.05, 0) is 56.0 Å². The second-order valence-corrected chi connectivity index (χ2v) is 4.94. The van der Waals surface area contributed by atoms with Gasteiger partial charge in [0.1, 0.15) is 11.6 Å². The molecule has 2 rings (SSSR count). The third kappa shape index (κ3) is 5.52. The molecule has 5 nitrogen and oxygen atoms in total. The number of benzene rings is 1. The zero-order valence-electron chi connectivity index (χ0n) is 12.8. The van der Waals surface area contributed by atoms with Gasteiger partial charge in [0, 0.05) is 6.21 Å². The standard InChI is InChI=1S/C17H21N3O2/c1-14-19-12-17(13-20-14)22-10-4-2-3-9-21-16-7-5-15(11-18)6-8-16/h5-8,11-13,18H,2-4,9-10H2,1H3. The highest BCUT2D eigenvalue weighted by atomic mass is 16.5. The molecular weight excluding hydrogens is 278 g/mol. The van der Waals surface area contributed by atoms with Gasteiger partial charge in [-0.1, -0.05) is 0 Å². The Bertz CT molecular complexity index is 567. The molecule has 1 aromatic carbocycles. The Balaban J connectivity index is 1.53. The van der Waals surface area contributed by atoms with Crippen LogP contribution < -0.4 is 9.47 Å².